The predicted molar refractivity (Wildman–Crippen MR) is 87.6 cm³/mol. The zero-order valence-electron chi connectivity index (χ0n) is 13.5. The summed E-state index contributed by atoms with van der Waals surface area (Å²) in [4.78, 5) is 20.9. The zero-order valence-corrected chi connectivity index (χ0v) is 14.4. The van der Waals surface area contributed by atoms with Crippen LogP contribution in [0.25, 0.3) is 0 Å². The van der Waals surface area contributed by atoms with Crippen molar-refractivity contribution in [1.82, 2.24) is 15.0 Å². The van der Waals surface area contributed by atoms with E-state index in [0.717, 1.165) is 42.3 Å². The van der Waals surface area contributed by atoms with E-state index in [1.54, 1.807) is 23.3 Å². The summed E-state index contributed by atoms with van der Waals surface area (Å²) in [5.41, 5.74) is 1.36. The lowest BCUT2D eigenvalue weighted by Crippen LogP contribution is -2.25. The number of hydrogen-bond donors (Lipinski definition) is 0. The zero-order chi connectivity index (χ0) is 16.0. The number of rotatable bonds is 4. The third-order valence-corrected chi connectivity index (χ3v) is 5.91. The van der Waals surface area contributed by atoms with E-state index in [4.69, 9.17) is 4.52 Å². The minimum absolute atomic E-state index is 0.0447. The molecule has 0 N–H and O–H groups in total. The van der Waals surface area contributed by atoms with Crippen molar-refractivity contribution in [2.45, 2.75) is 51.5 Å². The topological polar surface area (TPSA) is 59.2 Å². The molecule has 0 bridgehead atoms. The van der Waals surface area contributed by atoms with Crippen molar-refractivity contribution in [3.8, 4) is 0 Å². The standard InChI is InChI=1S/C17H21N3O2S/c1-10-3-6-13-12(7-10)8-14(23-13)17(21)20(2)9-15-18-16(19-22-15)11-4-5-11/h8,10-11H,3-7,9H2,1-2H3/t10-/m1/s1. The molecule has 1 atom stereocenters. The summed E-state index contributed by atoms with van der Waals surface area (Å²) in [5.74, 6) is 2.55. The molecule has 2 heterocycles. The molecule has 1 saturated carbocycles. The smallest absolute Gasteiger partial charge is 0.264 e. The van der Waals surface area contributed by atoms with Gasteiger partial charge < -0.3 is 9.42 Å². The molecule has 0 unspecified atom stereocenters. The predicted octanol–water partition coefficient (Wildman–Crippen LogP) is 3.41. The Labute approximate surface area is 139 Å². The second kappa shape index (κ2) is 5.74. The number of nitrogens with zero attached hydrogens (tertiary/aromatic N) is 3. The lowest BCUT2D eigenvalue weighted by atomic mass is 9.90. The first kappa shape index (κ1) is 14.9. The average Bonchev–Trinajstić information content (AvgIpc) is 3.13. The number of aryl methyl sites for hydroxylation is 1. The number of thiophene rings is 1. The summed E-state index contributed by atoms with van der Waals surface area (Å²) < 4.78 is 5.27. The summed E-state index contributed by atoms with van der Waals surface area (Å²) >= 11 is 1.65. The molecule has 1 amide bonds. The molecule has 23 heavy (non-hydrogen) atoms. The Morgan fingerprint density at radius 2 is 2.26 bits per heavy atom. The highest BCUT2D eigenvalue weighted by Crippen LogP contribution is 2.38. The van der Waals surface area contributed by atoms with Gasteiger partial charge in [-0.05, 0) is 49.7 Å². The van der Waals surface area contributed by atoms with Crippen molar-refractivity contribution in [2.24, 2.45) is 5.92 Å². The molecule has 4 rings (SSSR count). The van der Waals surface area contributed by atoms with Crippen LogP contribution in [0.3, 0.4) is 0 Å². The van der Waals surface area contributed by atoms with Gasteiger partial charge in [0.05, 0.1) is 4.88 Å². The summed E-state index contributed by atoms with van der Waals surface area (Å²) in [6.45, 7) is 2.65. The fourth-order valence-electron chi connectivity index (χ4n) is 3.11. The van der Waals surface area contributed by atoms with Crippen LogP contribution in [0.1, 0.15) is 63.9 Å². The van der Waals surface area contributed by atoms with Gasteiger partial charge in [0.25, 0.3) is 5.91 Å². The summed E-state index contributed by atoms with van der Waals surface area (Å²) in [6.07, 6.45) is 5.71. The Hall–Kier alpha value is -1.69. The first-order valence-electron chi connectivity index (χ1n) is 8.29. The lowest BCUT2D eigenvalue weighted by molar-refractivity contribution is 0.0774. The molecule has 2 aliphatic carbocycles. The van der Waals surface area contributed by atoms with E-state index >= 15 is 0 Å². The largest absolute Gasteiger partial charge is 0.337 e. The van der Waals surface area contributed by atoms with Crippen LogP contribution in [0.2, 0.25) is 0 Å². The summed E-state index contributed by atoms with van der Waals surface area (Å²) in [7, 11) is 1.80. The van der Waals surface area contributed by atoms with Gasteiger partial charge in [-0.1, -0.05) is 12.1 Å². The monoisotopic (exact) mass is 331 g/mol. The van der Waals surface area contributed by atoms with Crippen LogP contribution in [0.5, 0.6) is 0 Å². The van der Waals surface area contributed by atoms with E-state index in [9.17, 15) is 4.79 Å². The highest BCUT2D eigenvalue weighted by atomic mass is 32.1. The van der Waals surface area contributed by atoms with Crippen LogP contribution >= 0.6 is 11.3 Å². The van der Waals surface area contributed by atoms with Gasteiger partial charge in [-0.15, -0.1) is 11.3 Å². The Morgan fingerprint density at radius 1 is 1.43 bits per heavy atom. The molecular formula is C17H21N3O2S. The first-order valence-corrected chi connectivity index (χ1v) is 9.11. The second-order valence-electron chi connectivity index (χ2n) is 6.89. The van der Waals surface area contributed by atoms with E-state index < -0.39 is 0 Å². The quantitative estimate of drug-likeness (QED) is 0.861. The van der Waals surface area contributed by atoms with Gasteiger partial charge in [0.2, 0.25) is 5.89 Å². The van der Waals surface area contributed by atoms with Gasteiger partial charge >= 0.3 is 0 Å². The highest BCUT2D eigenvalue weighted by Gasteiger charge is 2.29. The van der Waals surface area contributed by atoms with Crippen molar-refractivity contribution < 1.29 is 9.32 Å². The van der Waals surface area contributed by atoms with E-state index in [2.05, 4.69) is 23.1 Å². The number of amides is 1. The molecule has 2 aliphatic rings. The summed E-state index contributed by atoms with van der Waals surface area (Å²) in [5, 5.41) is 4.00. The number of aromatic nitrogens is 2. The average molecular weight is 331 g/mol. The van der Waals surface area contributed by atoms with Crippen LogP contribution < -0.4 is 0 Å². The third kappa shape index (κ3) is 3.04. The van der Waals surface area contributed by atoms with Crippen LogP contribution in [-0.4, -0.2) is 28.0 Å². The fraction of sp³-hybridized carbons (Fsp3) is 0.588. The van der Waals surface area contributed by atoms with Gasteiger partial charge in [0.15, 0.2) is 5.82 Å². The number of hydrogen-bond acceptors (Lipinski definition) is 5. The Bertz CT molecular complexity index is 732. The van der Waals surface area contributed by atoms with Gasteiger partial charge in [0.1, 0.15) is 6.54 Å². The van der Waals surface area contributed by atoms with Gasteiger partial charge in [-0.2, -0.15) is 4.98 Å². The molecular weight excluding hydrogens is 310 g/mol. The molecule has 0 saturated heterocycles. The van der Waals surface area contributed by atoms with Crippen LogP contribution in [0, 0.1) is 5.92 Å². The maximum atomic E-state index is 12.6. The van der Waals surface area contributed by atoms with Crippen LogP contribution in [-0.2, 0) is 19.4 Å². The lowest BCUT2D eigenvalue weighted by Gasteiger charge is -2.16. The molecule has 6 heteroatoms. The van der Waals surface area contributed by atoms with E-state index in [1.165, 1.54) is 16.9 Å². The van der Waals surface area contributed by atoms with Crippen molar-refractivity contribution >= 4 is 17.2 Å². The number of carbonyl (C=O) groups excluding carboxylic acids is 1. The Balaban J connectivity index is 1.45. The normalized spacial score (nSPS) is 20.3. The number of fused-ring (bicyclic) bond motifs is 1. The van der Waals surface area contributed by atoms with E-state index in [0.29, 0.717) is 18.4 Å². The van der Waals surface area contributed by atoms with Crippen molar-refractivity contribution in [1.29, 1.82) is 0 Å². The van der Waals surface area contributed by atoms with Gasteiger partial charge in [-0.3, -0.25) is 4.79 Å². The first-order chi connectivity index (χ1) is 11.1. The molecule has 0 aromatic carbocycles. The Morgan fingerprint density at radius 3 is 3.04 bits per heavy atom. The molecule has 2 aromatic heterocycles. The fourth-order valence-corrected chi connectivity index (χ4v) is 4.32. The Kier molecular flexibility index (Phi) is 3.71. The molecule has 2 aromatic rings. The SMILES string of the molecule is C[C@@H]1CCc2sc(C(=O)N(C)Cc3nc(C4CC4)no3)cc2C1. The molecule has 0 spiro atoms. The van der Waals surface area contributed by atoms with E-state index in [1.807, 2.05) is 0 Å². The summed E-state index contributed by atoms with van der Waals surface area (Å²) in [6, 6.07) is 2.08. The third-order valence-electron chi connectivity index (χ3n) is 4.69. The molecule has 5 nitrogen and oxygen atoms in total. The maximum absolute atomic E-state index is 12.6. The minimum Gasteiger partial charge on any atom is -0.337 e. The van der Waals surface area contributed by atoms with Crippen molar-refractivity contribution in [2.75, 3.05) is 7.05 Å². The maximum Gasteiger partial charge on any atom is 0.264 e. The molecule has 1 fully saturated rings. The van der Waals surface area contributed by atoms with Crippen molar-refractivity contribution in [3.05, 3.63) is 33.1 Å². The van der Waals surface area contributed by atoms with E-state index in [-0.39, 0.29) is 5.91 Å². The van der Waals surface area contributed by atoms with Crippen molar-refractivity contribution in [3.63, 3.8) is 0 Å². The second-order valence-corrected chi connectivity index (χ2v) is 8.03. The van der Waals surface area contributed by atoms with Crippen LogP contribution in [0.15, 0.2) is 10.6 Å². The highest BCUT2D eigenvalue weighted by molar-refractivity contribution is 7.14. The van der Waals surface area contributed by atoms with Gasteiger partial charge in [0, 0.05) is 17.8 Å². The van der Waals surface area contributed by atoms with Crippen LogP contribution in [0.4, 0.5) is 0 Å². The van der Waals surface area contributed by atoms with Gasteiger partial charge in [-0.25, -0.2) is 0 Å². The minimum atomic E-state index is 0.0447. The molecule has 122 valence electrons. The molecule has 0 radical (unpaired) electrons. The number of carbonyl (C=O) groups is 1. The molecule has 0 aliphatic heterocycles.